The van der Waals surface area contributed by atoms with Gasteiger partial charge in [-0.2, -0.15) is 0 Å². The van der Waals surface area contributed by atoms with E-state index < -0.39 is 18.0 Å². The van der Waals surface area contributed by atoms with Gasteiger partial charge in [0.25, 0.3) is 0 Å². The minimum absolute atomic E-state index is 0.0590. The molecule has 0 aliphatic carbocycles. The molecule has 3 rings (SSSR count). The van der Waals surface area contributed by atoms with Crippen LogP contribution in [0.5, 0.6) is 0 Å². The van der Waals surface area contributed by atoms with Crippen molar-refractivity contribution in [1.29, 1.82) is 0 Å². The zero-order valence-electron chi connectivity index (χ0n) is 15.0. The summed E-state index contributed by atoms with van der Waals surface area (Å²) in [5.41, 5.74) is 8.02. The Morgan fingerprint density at radius 3 is 2.38 bits per heavy atom. The number of nitrogens with one attached hydrogen (secondary N) is 1. The van der Waals surface area contributed by atoms with Gasteiger partial charge >= 0.3 is 0 Å². The number of nitrogens with two attached hydrogens (primary N) is 1. The Morgan fingerprint density at radius 2 is 1.73 bits per heavy atom. The molecule has 2 aromatic carbocycles. The molecule has 3 atom stereocenters. The Kier molecular flexibility index (Phi) is 5.68. The van der Waals surface area contributed by atoms with Gasteiger partial charge in [-0.25, -0.2) is 0 Å². The summed E-state index contributed by atoms with van der Waals surface area (Å²) in [6.07, 6.45) is 1.51. The number of benzene rings is 2. The van der Waals surface area contributed by atoms with Crippen molar-refractivity contribution in [2.75, 3.05) is 11.4 Å². The number of carbonyl (C=O) groups is 2. The lowest BCUT2D eigenvalue weighted by molar-refractivity contribution is -0.130. The maximum atomic E-state index is 12.8. The van der Waals surface area contributed by atoms with E-state index in [1.807, 2.05) is 60.7 Å². The maximum Gasteiger partial charge on any atom is 0.249 e. The maximum absolute atomic E-state index is 12.8. The third-order valence-electron chi connectivity index (χ3n) is 4.96. The minimum atomic E-state index is -0.498. The van der Waals surface area contributed by atoms with Crippen LogP contribution in [0.25, 0.3) is 0 Å². The molecule has 0 spiro atoms. The van der Waals surface area contributed by atoms with Crippen LogP contribution in [0.15, 0.2) is 60.7 Å². The van der Waals surface area contributed by atoms with E-state index in [0.717, 1.165) is 17.7 Å². The zero-order chi connectivity index (χ0) is 18.5. The molecule has 1 aliphatic rings. The Balaban J connectivity index is 1.66. The number of carbonyl (C=O) groups excluding carboxylic acids is 2. The van der Waals surface area contributed by atoms with E-state index in [0.29, 0.717) is 13.0 Å². The van der Waals surface area contributed by atoms with Gasteiger partial charge in [-0.3, -0.25) is 9.59 Å². The summed E-state index contributed by atoms with van der Waals surface area (Å²) in [6.45, 7) is 2.48. The van der Waals surface area contributed by atoms with E-state index >= 15 is 0 Å². The molecule has 0 saturated carbocycles. The Morgan fingerprint density at radius 1 is 1.12 bits per heavy atom. The van der Waals surface area contributed by atoms with Crippen LogP contribution in [-0.2, 0) is 9.59 Å². The molecule has 5 nitrogen and oxygen atoms in total. The standard InChI is InChI=1S/C21H25N3O2/c1-15(19(22)16-9-4-2-5-10-16)20(25)23-18-13-8-14-24(21(18)26)17-11-6-3-7-12-17/h2-7,9-12,15,18-19H,8,13-14,22H2,1H3,(H,23,25). The van der Waals surface area contributed by atoms with Crippen molar-refractivity contribution in [3.8, 4) is 0 Å². The van der Waals surface area contributed by atoms with Crippen molar-refractivity contribution in [2.24, 2.45) is 11.7 Å². The van der Waals surface area contributed by atoms with Crippen LogP contribution in [0.4, 0.5) is 5.69 Å². The number of rotatable bonds is 5. The van der Waals surface area contributed by atoms with Crippen LogP contribution >= 0.6 is 0 Å². The van der Waals surface area contributed by atoms with Gasteiger partial charge in [-0.15, -0.1) is 0 Å². The fraction of sp³-hybridized carbons (Fsp3) is 0.333. The van der Waals surface area contributed by atoms with Gasteiger partial charge in [0.1, 0.15) is 6.04 Å². The van der Waals surface area contributed by atoms with Gasteiger partial charge in [-0.1, -0.05) is 55.5 Å². The van der Waals surface area contributed by atoms with Crippen molar-refractivity contribution in [3.05, 3.63) is 66.2 Å². The van der Waals surface area contributed by atoms with Gasteiger partial charge in [0.05, 0.1) is 5.92 Å². The van der Waals surface area contributed by atoms with E-state index in [2.05, 4.69) is 5.32 Å². The van der Waals surface area contributed by atoms with Crippen LogP contribution in [0.3, 0.4) is 0 Å². The molecule has 1 aliphatic heterocycles. The lowest BCUT2D eigenvalue weighted by Gasteiger charge is -2.33. The average molecular weight is 351 g/mol. The first-order chi connectivity index (χ1) is 12.6. The summed E-state index contributed by atoms with van der Waals surface area (Å²) in [4.78, 5) is 27.2. The van der Waals surface area contributed by atoms with Gasteiger partial charge in [0.15, 0.2) is 0 Å². The molecule has 3 N–H and O–H groups in total. The highest BCUT2D eigenvalue weighted by molar-refractivity contribution is 6.00. The van der Waals surface area contributed by atoms with Crippen LogP contribution in [0, 0.1) is 5.92 Å². The molecule has 1 saturated heterocycles. The molecule has 136 valence electrons. The molecule has 0 bridgehead atoms. The number of amides is 2. The second kappa shape index (κ2) is 8.15. The largest absolute Gasteiger partial charge is 0.344 e. The highest BCUT2D eigenvalue weighted by Crippen LogP contribution is 2.23. The smallest absolute Gasteiger partial charge is 0.249 e. The van der Waals surface area contributed by atoms with E-state index in [-0.39, 0.29) is 11.8 Å². The molecule has 1 heterocycles. The van der Waals surface area contributed by atoms with E-state index in [1.165, 1.54) is 0 Å². The second-order valence-corrected chi connectivity index (χ2v) is 6.75. The number of para-hydroxylation sites is 1. The molecule has 3 unspecified atom stereocenters. The summed E-state index contributed by atoms with van der Waals surface area (Å²) in [7, 11) is 0. The van der Waals surface area contributed by atoms with Crippen molar-refractivity contribution in [1.82, 2.24) is 5.32 Å². The fourth-order valence-corrected chi connectivity index (χ4v) is 3.30. The molecule has 5 heteroatoms. The van der Waals surface area contributed by atoms with E-state index in [4.69, 9.17) is 5.73 Å². The minimum Gasteiger partial charge on any atom is -0.344 e. The van der Waals surface area contributed by atoms with Crippen LogP contribution in [-0.4, -0.2) is 24.4 Å². The first-order valence-electron chi connectivity index (χ1n) is 9.05. The highest BCUT2D eigenvalue weighted by atomic mass is 16.2. The number of piperidine rings is 1. The molecule has 1 fully saturated rings. The summed E-state index contributed by atoms with van der Waals surface area (Å²) < 4.78 is 0. The monoisotopic (exact) mass is 351 g/mol. The molecule has 2 amide bonds. The fourth-order valence-electron chi connectivity index (χ4n) is 3.30. The number of hydrogen-bond acceptors (Lipinski definition) is 3. The SMILES string of the molecule is CC(C(=O)NC1CCCN(c2ccccc2)C1=O)C(N)c1ccccc1. The third kappa shape index (κ3) is 3.94. The topological polar surface area (TPSA) is 75.4 Å². The number of anilines is 1. The molecule has 0 aromatic heterocycles. The third-order valence-corrected chi connectivity index (χ3v) is 4.96. The molecular formula is C21H25N3O2. The normalized spacial score (nSPS) is 19.7. The Labute approximate surface area is 154 Å². The predicted molar refractivity (Wildman–Crippen MR) is 102 cm³/mol. The van der Waals surface area contributed by atoms with Crippen molar-refractivity contribution >= 4 is 17.5 Å². The summed E-state index contributed by atoms with van der Waals surface area (Å²) >= 11 is 0. The van der Waals surface area contributed by atoms with Gasteiger partial charge in [0, 0.05) is 18.3 Å². The molecule has 0 radical (unpaired) electrons. The highest BCUT2D eigenvalue weighted by Gasteiger charge is 2.32. The molecule has 2 aromatic rings. The zero-order valence-corrected chi connectivity index (χ0v) is 15.0. The average Bonchev–Trinajstić information content (AvgIpc) is 2.69. The number of hydrogen-bond donors (Lipinski definition) is 2. The first kappa shape index (κ1) is 18.1. The molecular weight excluding hydrogens is 326 g/mol. The number of nitrogens with zero attached hydrogens (tertiary/aromatic N) is 1. The predicted octanol–water partition coefficient (Wildman–Crippen LogP) is 2.63. The lowest BCUT2D eigenvalue weighted by Crippen LogP contribution is -2.54. The van der Waals surface area contributed by atoms with Crippen molar-refractivity contribution < 1.29 is 9.59 Å². The molecule has 26 heavy (non-hydrogen) atoms. The van der Waals surface area contributed by atoms with Crippen LogP contribution < -0.4 is 16.0 Å². The summed E-state index contributed by atoms with van der Waals surface area (Å²) in [6, 6.07) is 18.2. The van der Waals surface area contributed by atoms with E-state index in [1.54, 1.807) is 11.8 Å². The van der Waals surface area contributed by atoms with Crippen molar-refractivity contribution in [3.63, 3.8) is 0 Å². The van der Waals surface area contributed by atoms with E-state index in [9.17, 15) is 9.59 Å². The van der Waals surface area contributed by atoms with Gasteiger partial charge in [-0.05, 0) is 30.5 Å². The van der Waals surface area contributed by atoms with Gasteiger partial charge < -0.3 is 16.0 Å². The van der Waals surface area contributed by atoms with Crippen LogP contribution in [0.2, 0.25) is 0 Å². The second-order valence-electron chi connectivity index (χ2n) is 6.75. The Bertz CT molecular complexity index is 748. The lowest BCUT2D eigenvalue weighted by atomic mass is 9.94. The van der Waals surface area contributed by atoms with Crippen LogP contribution in [0.1, 0.15) is 31.4 Å². The van der Waals surface area contributed by atoms with Gasteiger partial charge in [0.2, 0.25) is 11.8 Å². The quantitative estimate of drug-likeness (QED) is 0.869. The Hall–Kier alpha value is -2.66. The van der Waals surface area contributed by atoms with Crippen molar-refractivity contribution in [2.45, 2.75) is 31.8 Å². The first-order valence-corrected chi connectivity index (χ1v) is 9.05. The summed E-state index contributed by atoms with van der Waals surface area (Å²) in [5, 5.41) is 2.91. The summed E-state index contributed by atoms with van der Waals surface area (Å²) in [5.74, 6) is -0.664.